The number of carboxylic acid groups (broad SMARTS) is 1. The molecule has 2 N–H and O–H groups in total. The second-order valence-corrected chi connectivity index (χ2v) is 3.32. The van der Waals surface area contributed by atoms with Gasteiger partial charge in [-0.1, -0.05) is 0 Å². The Morgan fingerprint density at radius 2 is 2.06 bits per heavy atom. The maximum Gasteiger partial charge on any atom is 0.354 e. The molecule has 1 aromatic heterocycles. The molecule has 0 atom stereocenters. The number of carboxylic acids is 1. The Bertz CT molecular complexity index is 605. The van der Waals surface area contributed by atoms with Crippen molar-refractivity contribution in [1.82, 2.24) is 9.97 Å². The molecule has 7 heteroatoms. The summed E-state index contributed by atoms with van der Waals surface area (Å²) in [6.07, 6.45) is 1.22. The van der Waals surface area contributed by atoms with Crippen molar-refractivity contribution >= 4 is 17.6 Å². The molecule has 2 aromatic rings. The van der Waals surface area contributed by atoms with E-state index in [-0.39, 0.29) is 17.3 Å². The summed E-state index contributed by atoms with van der Waals surface area (Å²) in [6.45, 7) is 0. The van der Waals surface area contributed by atoms with Crippen LogP contribution in [0.2, 0.25) is 0 Å². The summed E-state index contributed by atoms with van der Waals surface area (Å²) >= 11 is 0. The maximum absolute atomic E-state index is 13.3. The molecule has 0 radical (unpaired) electrons. The number of benzene rings is 1. The second kappa shape index (κ2) is 4.74. The standard InChI is InChI=1S/C11H7F2N3O2/c12-6-1-2-8(7(13)5-6)15-11-14-4-3-9(16-11)10(17)18/h1-5H,(H,17,18)(H,14,15,16). The smallest absolute Gasteiger partial charge is 0.354 e. The van der Waals surface area contributed by atoms with Crippen molar-refractivity contribution in [1.29, 1.82) is 0 Å². The number of carbonyl (C=O) groups is 1. The van der Waals surface area contributed by atoms with E-state index in [2.05, 4.69) is 15.3 Å². The summed E-state index contributed by atoms with van der Waals surface area (Å²) in [4.78, 5) is 18.1. The van der Waals surface area contributed by atoms with E-state index in [0.717, 1.165) is 6.07 Å². The summed E-state index contributed by atoms with van der Waals surface area (Å²) in [5.41, 5.74) is -0.269. The van der Waals surface area contributed by atoms with Gasteiger partial charge in [0.2, 0.25) is 5.95 Å². The molecule has 0 aliphatic carbocycles. The van der Waals surface area contributed by atoms with Crippen LogP contribution in [0.1, 0.15) is 10.5 Å². The van der Waals surface area contributed by atoms with E-state index in [1.165, 1.54) is 18.3 Å². The van der Waals surface area contributed by atoms with Crippen LogP contribution in [0.4, 0.5) is 20.4 Å². The van der Waals surface area contributed by atoms with Crippen LogP contribution in [0, 0.1) is 11.6 Å². The van der Waals surface area contributed by atoms with E-state index in [0.29, 0.717) is 6.07 Å². The minimum atomic E-state index is -1.22. The number of anilines is 2. The highest BCUT2D eigenvalue weighted by Crippen LogP contribution is 2.18. The lowest BCUT2D eigenvalue weighted by Crippen LogP contribution is -2.05. The van der Waals surface area contributed by atoms with Crippen LogP contribution >= 0.6 is 0 Å². The number of halogens is 2. The number of rotatable bonds is 3. The molecule has 5 nitrogen and oxygen atoms in total. The first-order chi connectivity index (χ1) is 8.56. The Balaban J connectivity index is 2.28. The first-order valence-corrected chi connectivity index (χ1v) is 4.84. The molecule has 2 rings (SSSR count). The average Bonchev–Trinajstić information content (AvgIpc) is 2.33. The van der Waals surface area contributed by atoms with Crippen LogP contribution in [-0.4, -0.2) is 21.0 Å². The van der Waals surface area contributed by atoms with Crippen molar-refractivity contribution in [2.75, 3.05) is 5.32 Å². The first kappa shape index (κ1) is 11.9. The molecule has 0 bridgehead atoms. The zero-order valence-corrected chi connectivity index (χ0v) is 8.89. The molecule has 0 amide bonds. The number of nitrogens with one attached hydrogen (secondary N) is 1. The minimum Gasteiger partial charge on any atom is -0.477 e. The van der Waals surface area contributed by atoms with Gasteiger partial charge in [0.15, 0.2) is 5.69 Å². The zero-order chi connectivity index (χ0) is 13.1. The highest BCUT2D eigenvalue weighted by molar-refractivity contribution is 5.85. The van der Waals surface area contributed by atoms with E-state index in [1.807, 2.05) is 0 Å². The monoisotopic (exact) mass is 251 g/mol. The number of nitrogens with zero attached hydrogens (tertiary/aromatic N) is 2. The van der Waals surface area contributed by atoms with Crippen LogP contribution in [0.3, 0.4) is 0 Å². The lowest BCUT2D eigenvalue weighted by Gasteiger charge is -2.06. The Labute approximate surface area is 100 Å². The van der Waals surface area contributed by atoms with Crippen molar-refractivity contribution in [3.63, 3.8) is 0 Å². The quantitative estimate of drug-likeness (QED) is 0.874. The van der Waals surface area contributed by atoms with E-state index in [4.69, 9.17) is 5.11 Å². The summed E-state index contributed by atoms with van der Waals surface area (Å²) in [7, 11) is 0. The van der Waals surface area contributed by atoms with Gasteiger partial charge in [-0.3, -0.25) is 0 Å². The fourth-order valence-electron chi connectivity index (χ4n) is 1.25. The topological polar surface area (TPSA) is 75.1 Å². The molecule has 1 aromatic carbocycles. The highest BCUT2D eigenvalue weighted by atomic mass is 19.1. The molecular formula is C11H7F2N3O2. The Morgan fingerprint density at radius 1 is 1.28 bits per heavy atom. The van der Waals surface area contributed by atoms with Gasteiger partial charge in [-0.05, 0) is 18.2 Å². The molecule has 1 heterocycles. The molecule has 92 valence electrons. The highest BCUT2D eigenvalue weighted by Gasteiger charge is 2.08. The molecule has 0 aliphatic heterocycles. The third kappa shape index (κ3) is 2.57. The summed E-state index contributed by atoms with van der Waals surface area (Å²) in [5.74, 6) is -2.84. The van der Waals surface area contributed by atoms with Crippen molar-refractivity contribution in [3.05, 3.63) is 47.8 Å². The van der Waals surface area contributed by atoms with Crippen LogP contribution in [0.15, 0.2) is 30.5 Å². The Hall–Kier alpha value is -2.57. The number of aromatic nitrogens is 2. The SMILES string of the molecule is O=C(O)c1ccnc(Nc2ccc(F)cc2F)n1. The molecular weight excluding hydrogens is 244 g/mol. The second-order valence-electron chi connectivity index (χ2n) is 3.32. The molecule has 18 heavy (non-hydrogen) atoms. The first-order valence-electron chi connectivity index (χ1n) is 4.84. The fourth-order valence-corrected chi connectivity index (χ4v) is 1.25. The molecule has 0 unspecified atom stereocenters. The molecule has 0 saturated carbocycles. The normalized spacial score (nSPS) is 10.1. The Morgan fingerprint density at radius 3 is 2.72 bits per heavy atom. The van der Waals surface area contributed by atoms with Gasteiger partial charge in [-0.2, -0.15) is 0 Å². The summed E-state index contributed by atoms with van der Waals surface area (Å²) in [6, 6.07) is 4.13. The van der Waals surface area contributed by atoms with Gasteiger partial charge in [0.1, 0.15) is 11.6 Å². The van der Waals surface area contributed by atoms with Gasteiger partial charge in [-0.15, -0.1) is 0 Å². The number of hydrogen-bond acceptors (Lipinski definition) is 4. The molecule has 0 aliphatic rings. The maximum atomic E-state index is 13.3. The minimum absolute atomic E-state index is 0.0426. The summed E-state index contributed by atoms with van der Waals surface area (Å²) < 4.78 is 26.0. The number of aromatic carboxylic acids is 1. The van der Waals surface area contributed by atoms with Gasteiger partial charge in [0.25, 0.3) is 0 Å². The predicted molar refractivity (Wildman–Crippen MR) is 58.6 cm³/mol. The van der Waals surface area contributed by atoms with Crippen molar-refractivity contribution in [2.45, 2.75) is 0 Å². The van der Waals surface area contributed by atoms with Crippen molar-refractivity contribution in [3.8, 4) is 0 Å². The van der Waals surface area contributed by atoms with Crippen LogP contribution in [-0.2, 0) is 0 Å². The van der Waals surface area contributed by atoms with E-state index in [1.54, 1.807) is 0 Å². The van der Waals surface area contributed by atoms with E-state index < -0.39 is 17.6 Å². The third-order valence-corrected chi connectivity index (χ3v) is 2.05. The molecule has 0 fully saturated rings. The lowest BCUT2D eigenvalue weighted by molar-refractivity contribution is 0.0690. The fraction of sp³-hybridized carbons (Fsp3) is 0. The van der Waals surface area contributed by atoms with Gasteiger partial charge < -0.3 is 10.4 Å². The van der Waals surface area contributed by atoms with Crippen LogP contribution in [0.5, 0.6) is 0 Å². The largest absolute Gasteiger partial charge is 0.477 e. The molecule has 0 saturated heterocycles. The third-order valence-electron chi connectivity index (χ3n) is 2.05. The predicted octanol–water partition coefficient (Wildman–Crippen LogP) is 2.20. The zero-order valence-electron chi connectivity index (χ0n) is 8.89. The van der Waals surface area contributed by atoms with Gasteiger partial charge in [-0.25, -0.2) is 23.5 Å². The van der Waals surface area contributed by atoms with Crippen LogP contribution < -0.4 is 5.32 Å². The molecule has 0 spiro atoms. The van der Waals surface area contributed by atoms with E-state index in [9.17, 15) is 13.6 Å². The van der Waals surface area contributed by atoms with Gasteiger partial charge in [0.05, 0.1) is 5.69 Å². The lowest BCUT2D eigenvalue weighted by atomic mass is 10.3. The van der Waals surface area contributed by atoms with Gasteiger partial charge >= 0.3 is 5.97 Å². The van der Waals surface area contributed by atoms with Crippen molar-refractivity contribution in [2.24, 2.45) is 0 Å². The van der Waals surface area contributed by atoms with Crippen LogP contribution in [0.25, 0.3) is 0 Å². The summed E-state index contributed by atoms with van der Waals surface area (Å²) in [5, 5.41) is 11.2. The van der Waals surface area contributed by atoms with Gasteiger partial charge in [0, 0.05) is 12.3 Å². The van der Waals surface area contributed by atoms with Crippen molar-refractivity contribution < 1.29 is 18.7 Å². The van der Waals surface area contributed by atoms with E-state index >= 15 is 0 Å². The average molecular weight is 251 g/mol. The number of hydrogen-bond donors (Lipinski definition) is 2. The Kier molecular flexibility index (Phi) is 3.13.